The molecule has 4 rings (SSSR count). The van der Waals surface area contributed by atoms with Crippen molar-refractivity contribution < 1.29 is 14.3 Å². The Balaban J connectivity index is 1.56. The summed E-state index contributed by atoms with van der Waals surface area (Å²) < 4.78 is 11.8. The number of nitrogens with zero attached hydrogens (tertiary/aromatic N) is 2. The number of hydrogen-bond acceptors (Lipinski definition) is 6. The van der Waals surface area contributed by atoms with Crippen LogP contribution in [0.3, 0.4) is 0 Å². The van der Waals surface area contributed by atoms with Gasteiger partial charge in [0.1, 0.15) is 30.2 Å². The molecule has 0 spiro atoms. The standard InChI is InChI=1S/C23H17Cl2N3O3S/c24-20-7-3-1-5-15(20)12-30-18-9-17(22(29)27-23-28-26-14-32-23)10-19(11-18)31-13-16-6-2-4-8-21(16)25/h1-11,14H,12-13H2,(H,27,28,29). The van der Waals surface area contributed by atoms with E-state index in [2.05, 4.69) is 15.5 Å². The molecule has 0 saturated heterocycles. The molecule has 6 nitrogen and oxygen atoms in total. The molecule has 0 saturated carbocycles. The van der Waals surface area contributed by atoms with Gasteiger partial charge in [0, 0.05) is 32.8 Å². The topological polar surface area (TPSA) is 73.3 Å². The summed E-state index contributed by atoms with van der Waals surface area (Å²) >= 11 is 13.7. The molecule has 0 unspecified atom stereocenters. The average molecular weight is 486 g/mol. The van der Waals surface area contributed by atoms with E-state index in [1.807, 2.05) is 36.4 Å². The van der Waals surface area contributed by atoms with Crippen LogP contribution in [0.15, 0.2) is 72.2 Å². The third-order valence-electron chi connectivity index (χ3n) is 4.43. The van der Waals surface area contributed by atoms with Crippen LogP contribution >= 0.6 is 34.5 Å². The predicted molar refractivity (Wildman–Crippen MR) is 126 cm³/mol. The number of halogens is 2. The summed E-state index contributed by atoms with van der Waals surface area (Å²) in [5.41, 5.74) is 3.55. The summed E-state index contributed by atoms with van der Waals surface area (Å²) in [5, 5.41) is 11.9. The largest absolute Gasteiger partial charge is 0.489 e. The fraction of sp³-hybridized carbons (Fsp3) is 0.0870. The van der Waals surface area contributed by atoms with E-state index in [1.54, 1.807) is 30.3 Å². The number of carbonyl (C=O) groups is 1. The van der Waals surface area contributed by atoms with Gasteiger partial charge in [-0.2, -0.15) is 0 Å². The molecule has 0 aliphatic rings. The summed E-state index contributed by atoms with van der Waals surface area (Å²) in [6.07, 6.45) is 0. The zero-order valence-electron chi connectivity index (χ0n) is 16.6. The second-order valence-electron chi connectivity index (χ2n) is 6.65. The van der Waals surface area contributed by atoms with Crippen molar-refractivity contribution in [3.05, 3.63) is 99.0 Å². The van der Waals surface area contributed by atoms with Gasteiger partial charge >= 0.3 is 0 Å². The first-order valence-corrected chi connectivity index (χ1v) is 11.2. The highest BCUT2D eigenvalue weighted by Gasteiger charge is 2.13. The lowest BCUT2D eigenvalue weighted by molar-refractivity contribution is 0.102. The second kappa shape index (κ2) is 10.5. The normalized spacial score (nSPS) is 10.6. The second-order valence-corrected chi connectivity index (χ2v) is 8.30. The van der Waals surface area contributed by atoms with Gasteiger partial charge < -0.3 is 9.47 Å². The highest BCUT2D eigenvalue weighted by Crippen LogP contribution is 2.27. The van der Waals surface area contributed by atoms with Gasteiger partial charge in [0.2, 0.25) is 5.13 Å². The number of benzene rings is 3. The fourth-order valence-corrected chi connectivity index (χ4v) is 3.64. The van der Waals surface area contributed by atoms with Gasteiger partial charge in [-0.15, -0.1) is 10.2 Å². The lowest BCUT2D eigenvalue weighted by atomic mass is 10.2. The summed E-state index contributed by atoms with van der Waals surface area (Å²) in [5.74, 6) is 0.570. The molecular weight excluding hydrogens is 469 g/mol. The van der Waals surface area contributed by atoms with Crippen LogP contribution in [0, 0.1) is 0 Å². The Morgan fingerprint density at radius 2 is 1.44 bits per heavy atom. The van der Waals surface area contributed by atoms with Crippen LogP contribution in [0.2, 0.25) is 10.0 Å². The van der Waals surface area contributed by atoms with Gasteiger partial charge in [0.05, 0.1) is 0 Å². The van der Waals surface area contributed by atoms with E-state index in [9.17, 15) is 4.79 Å². The first kappa shape index (κ1) is 22.1. The molecule has 0 aliphatic heterocycles. The lowest BCUT2D eigenvalue weighted by Gasteiger charge is -2.13. The van der Waals surface area contributed by atoms with Crippen molar-refractivity contribution in [2.75, 3.05) is 5.32 Å². The Labute approximate surface area is 198 Å². The summed E-state index contributed by atoms with van der Waals surface area (Å²) in [7, 11) is 0. The van der Waals surface area contributed by atoms with Crippen molar-refractivity contribution in [2.24, 2.45) is 0 Å². The van der Waals surface area contributed by atoms with Crippen molar-refractivity contribution in [1.82, 2.24) is 10.2 Å². The van der Waals surface area contributed by atoms with E-state index < -0.39 is 0 Å². The van der Waals surface area contributed by atoms with E-state index in [1.165, 1.54) is 16.8 Å². The molecule has 0 atom stereocenters. The molecule has 1 heterocycles. The van der Waals surface area contributed by atoms with Crippen LogP contribution in [0.5, 0.6) is 11.5 Å². The Morgan fingerprint density at radius 3 is 1.94 bits per heavy atom. The molecule has 1 aromatic heterocycles. The van der Waals surface area contributed by atoms with Gasteiger partial charge in [-0.05, 0) is 24.3 Å². The van der Waals surface area contributed by atoms with Crippen LogP contribution < -0.4 is 14.8 Å². The third-order valence-corrected chi connectivity index (χ3v) is 5.77. The van der Waals surface area contributed by atoms with Crippen LogP contribution in [0.1, 0.15) is 21.5 Å². The molecule has 162 valence electrons. The first-order valence-electron chi connectivity index (χ1n) is 9.53. The predicted octanol–water partition coefficient (Wildman–Crippen LogP) is 6.26. The van der Waals surface area contributed by atoms with Crippen LogP contribution in [-0.2, 0) is 13.2 Å². The molecule has 0 aliphatic carbocycles. The smallest absolute Gasteiger partial charge is 0.257 e. The molecule has 1 amide bonds. The van der Waals surface area contributed by atoms with Crippen molar-refractivity contribution in [3.8, 4) is 11.5 Å². The molecule has 0 bridgehead atoms. The number of nitrogens with one attached hydrogen (secondary N) is 1. The molecule has 0 radical (unpaired) electrons. The Kier molecular flexibility index (Phi) is 7.21. The maximum Gasteiger partial charge on any atom is 0.257 e. The molecule has 4 aromatic rings. The molecule has 9 heteroatoms. The highest BCUT2D eigenvalue weighted by molar-refractivity contribution is 7.13. The monoisotopic (exact) mass is 485 g/mol. The number of ether oxygens (including phenoxy) is 2. The van der Waals surface area contributed by atoms with Gasteiger partial charge in [0.25, 0.3) is 5.91 Å². The van der Waals surface area contributed by atoms with Gasteiger partial charge in [-0.1, -0.05) is 70.9 Å². The van der Waals surface area contributed by atoms with Crippen molar-refractivity contribution in [3.63, 3.8) is 0 Å². The highest BCUT2D eigenvalue weighted by atomic mass is 35.5. The van der Waals surface area contributed by atoms with Crippen LogP contribution in [-0.4, -0.2) is 16.1 Å². The van der Waals surface area contributed by atoms with E-state index in [0.29, 0.717) is 32.2 Å². The summed E-state index contributed by atoms with van der Waals surface area (Å²) in [6, 6.07) is 19.8. The fourth-order valence-electron chi connectivity index (χ4n) is 2.82. The van der Waals surface area contributed by atoms with Crippen LogP contribution in [0.4, 0.5) is 5.13 Å². The SMILES string of the molecule is O=C(Nc1nncs1)c1cc(OCc2ccccc2Cl)cc(OCc2ccccc2Cl)c1. The van der Waals surface area contributed by atoms with Gasteiger partial charge in [-0.3, -0.25) is 10.1 Å². The van der Waals surface area contributed by atoms with E-state index in [4.69, 9.17) is 32.7 Å². The first-order chi connectivity index (χ1) is 15.6. The molecular formula is C23H17Cl2N3O3S. The number of anilines is 1. The Hall–Kier alpha value is -3.13. The zero-order chi connectivity index (χ0) is 22.3. The molecule has 32 heavy (non-hydrogen) atoms. The number of rotatable bonds is 8. The van der Waals surface area contributed by atoms with Crippen molar-refractivity contribution >= 4 is 45.6 Å². The average Bonchev–Trinajstić information content (AvgIpc) is 3.31. The number of carbonyl (C=O) groups excluding carboxylic acids is 1. The maximum atomic E-state index is 12.7. The molecule has 3 aromatic carbocycles. The van der Waals surface area contributed by atoms with Crippen LogP contribution in [0.25, 0.3) is 0 Å². The number of amides is 1. The Morgan fingerprint density at radius 1 is 0.875 bits per heavy atom. The zero-order valence-corrected chi connectivity index (χ0v) is 19.0. The minimum absolute atomic E-state index is 0.241. The van der Waals surface area contributed by atoms with Gasteiger partial charge in [0.15, 0.2) is 0 Å². The number of hydrogen-bond donors (Lipinski definition) is 1. The molecule has 1 N–H and O–H groups in total. The van der Waals surface area contributed by atoms with E-state index >= 15 is 0 Å². The Bertz CT molecular complexity index is 1150. The summed E-state index contributed by atoms with van der Waals surface area (Å²) in [4.78, 5) is 12.7. The van der Waals surface area contributed by atoms with Crippen molar-refractivity contribution in [1.29, 1.82) is 0 Å². The maximum absolute atomic E-state index is 12.7. The quantitative estimate of drug-likeness (QED) is 0.319. The van der Waals surface area contributed by atoms with Gasteiger partial charge in [-0.25, -0.2) is 0 Å². The van der Waals surface area contributed by atoms with Crippen molar-refractivity contribution in [2.45, 2.75) is 13.2 Å². The van der Waals surface area contributed by atoms with E-state index in [-0.39, 0.29) is 19.1 Å². The minimum atomic E-state index is -0.354. The third kappa shape index (κ3) is 5.76. The summed E-state index contributed by atoms with van der Waals surface area (Å²) in [6.45, 7) is 0.482. The molecule has 0 fully saturated rings. The van der Waals surface area contributed by atoms with E-state index in [0.717, 1.165) is 11.1 Å². The lowest BCUT2D eigenvalue weighted by Crippen LogP contribution is -2.12. The number of aromatic nitrogens is 2. The minimum Gasteiger partial charge on any atom is -0.489 e.